The number of halogens is 1. The summed E-state index contributed by atoms with van der Waals surface area (Å²) < 4.78 is 10.4. The Labute approximate surface area is 90.6 Å². The van der Waals surface area contributed by atoms with Crippen LogP contribution in [0.4, 0.5) is 0 Å². The van der Waals surface area contributed by atoms with Crippen LogP contribution in [-0.4, -0.2) is 42.6 Å². The van der Waals surface area contributed by atoms with Crippen LogP contribution in [0.2, 0.25) is 0 Å². The Hall–Kier alpha value is 0.976. The molecule has 4 heteroatoms. The molecule has 0 bridgehead atoms. The molecule has 1 heterocycles. The predicted molar refractivity (Wildman–Crippen MR) is 40.7 cm³/mol. The number of rotatable bonds is 3. The zero-order valence-electron chi connectivity index (χ0n) is 6.72. The van der Waals surface area contributed by atoms with Gasteiger partial charge in [-0.25, -0.2) is 0 Å². The molecule has 1 aliphatic rings. The molecule has 1 rings (SSSR count). The predicted octanol–water partition coefficient (Wildman–Crippen LogP) is -2.01. The van der Waals surface area contributed by atoms with E-state index in [-0.39, 0.29) is 41.7 Å². The Morgan fingerprint density at radius 2 is 1.82 bits per heavy atom. The van der Waals surface area contributed by atoms with Crippen molar-refractivity contribution in [3.63, 3.8) is 0 Å². The summed E-state index contributed by atoms with van der Waals surface area (Å²) in [5.41, 5.74) is 0. The van der Waals surface area contributed by atoms with E-state index in [4.69, 9.17) is 9.47 Å². The summed E-state index contributed by atoms with van der Waals surface area (Å²) >= 11 is 0. The third-order valence-electron chi connectivity index (χ3n) is 1.38. The van der Waals surface area contributed by atoms with Gasteiger partial charge in [0.25, 0.3) is 0 Å². The molecule has 0 unspecified atom stereocenters. The van der Waals surface area contributed by atoms with Crippen LogP contribution in [0.15, 0.2) is 0 Å². The van der Waals surface area contributed by atoms with Gasteiger partial charge in [0.05, 0.1) is 13.2 Å². The normalized spacial score (nSPS) is 17.2. The van der Waals surface area contributed by atoms with Gasteiger partial charge < -0.3 is 28.8 Å². The van der Waals surface area contributed by atoms with Gasteiger partial charge in [-0.2, -0.15) is 6.42 Å². The Kier molecular flexibility index (Phi) is 12.0. The first-order valence-corrected chi connectivity index (χ1v) is 3.46. The van der Waals surface area contributed by atoms with E-state index in [0.717, 1.165) is 32.5 Å². The fourth-order valence-electron chi connectivity index (χ4n) is 0.885. The van der Waals surface area contributed by atoms with E-state index in [1.54, 1.807) is 0 Å². The molecule has 0 atom stereocenters. The third-order valence-corrected chi connectivity index (χ3v) is 1.38. The van der Waals surface area contributed by atoms with E-state index in [1.165, 1.54) is 0 Å². The van der Waals surface area contributed by atoms with Gasteiger partial charge in [-0.1, -0.05) is 6.42 Å². The molecule has 0 radical (unpaired) electrons. The fraction of sp³-hybridized carbons (Fsp3) is 0.857. The molecule has 0 saturated carbocycles. The molecule has 0 N–H and O–H groups in total. The van der Waals surface area contributed by atoms with Crippen molar-refractivity contribution in [2.75, 3.05) is 13.2 Å². The maximum Gasteiger partial charge on any atom is 2.00 e. The van der Waals surface area contributed by atoms with Crippen molar-refractivity contribution in [3.05, 3.63) is 6.92 Å². The molecule has 1 aliphatic heterocycles. The minimum atomic E-state index is 0. The standard InChI is InChI=1S/C7H13O2.ClH.Mg/c1-2-3-4-7-8-5-6-9-7;;/h7H,1-6H2;1H;/q-1;;+2/p-1. The van der Waals surface area contributed by atoms with Crippen molar-refractivity contribution >= 4 is 23.1 Å². The number of ether oxygens (including phenoxy) is 2. The van der Waals surface area contributed by atoms with E-state index in [9.17, 15) is 0 Å². The largest absolute Gasteiger partial charge is 2.00 e. The number of hydrogen-bond acceptors (Lipinski definition) is 2. The first kappa shape index (κ1) is 14.5. The van der Waals surface area contributed by atoms with Crippen molar-refractivity contribution in [1.82, 2.24) is 0 Å². The van der Waals surface area contributed by atoms with Crippen molar-refractivity contribution in [2.45, 2.75) is 25.6 Å². The Balaban J connectivity index is 0. The van der Waals surface area contributed by atoms with Gasteiger partial charge >= 0.3 is 23.1 Å². The topological polar surface area (TPSA) is 18.5 Å². The minimum Gasteiger partial charge on any atom is -1.00 e. The summed E-state index contributed by atoms with van der Waals surface area (Å²) in [7, 11) is 0. The van der Waals surface area contributed by atoms with Crippen LogP contribution in [0.3, 0.4) is 0 Å². The smallest absolute Gasteiger partial charge is 1.00 e. The molecule has 2 nitrogen and oxygen atoms in total. The quantitative estimate of drug-likeness (QED) is 0.377. The average Bonchev–Trinajstić information content (AvgIpc) is 2.34. The van der Waals surface area contributed by atoms with E-state index < -0.39 is 0 Å². The second-order valence-corrected chi connectivity index (χ2v) is 2.17. The van der Waals surface area contributed by atoms with Crippen LogP contribution < -0.4 is 12.4 Å². The zero-order chi connectivity index (χ0) is 6.53. The van der Waals surface area contributed by atoms with Crippen molar-refractivity contribution < 1.29 is 21.9 Å². The van der Waals surface area contributed by atoms with Gasteiger partial charge in [0.1, 0.15) is 0 Å². The first-order chi connectivity index (χ1) is 4.43. The summed E-state index contributed by atoms with van der Waals surface area (Å²) in [4.78, 5) is 0. The first-order valence-electron chi connectivity index (χ1n) is 3.46. The average molecular weight is 189 g/mol. The summed E-state index contributed by atoms with van der Waals surface area (Å²) in [5.74, 6) is 0. The van der Waals surface area contributed by atoms with Crippen molar-refractivity contribution in [2.24, 2.45) is 0 Å². The van der Waals surface area contributed by atoms with Crippen LogP contribution in [-0.2, 0) is 9.47 Å². The van der Waals surface area contributed by atoms with Crippen molar-refractivity contribution in [3.8, 4) is 0 Å². The van der Waals surface area contributed by atoms with Crippen LogP contribution in [0.25, 0.3) is 0 Å². The maximum absolute atomic E-state index is 5.20. The Morgan fingerprint density at radius 1 is 1.27 bits per heavy atom. The molecular formula is C7H13ClMgO2. The van der Waals surface area contributed by atoms with E-state index in [0.29, 0.717) is 0 Å². The van der Waals surface area contributed by atoms with Crippen LogP contribution in [0.5, 0.6) is 0 Å². The van der Waals surface area contributed by atoms with Crippen LogP contribution >= 0.6 is 0 Å². The Morgan fingerprint density at radius 3 is 2.27 bits per heavy atom. The molecular weight excluding hydrogens is 176 g/mol. The van der Waals surface area contributed by atoms with Crippen LogP contribution in [0, 0.1) is 6.92 Å². The summed E-state index contributed by atoms with van der Waals surface area (Å²) in [6, 6.07) is 0. The molecule has 62 valence electrons. The number of unbranched alkanes of at least 4 members (excludes halogenated alkanes) is 1. The van der Waals surface area contributed by atoms with Crippen molar-refractivity contribution in [1.29, 1.82) is 0 Å². The van der Waals surface area contributed by atoms with E-state index >= 15 is 0 Å². The van der Waals surface area contributed by atoms with Gasteiger partial charge in [0.15, 0.2) is 6.29 Å². The third kappa shape index (κ3) is 6.17. The zero-order valence-corrected chi connectivity index (χ0v) is 8.89. The summed E-state index contributed by atoms with van der Waals surface area (Å²) in [6.07, 6.45) is 3.16. The van der Waals surface area contributed by atoms with Gasteiger partial charge in [-0.3, -0.25) is 0 Å². The fourth-order valence-corrected chi connectivity index (χ4v) is 0.885. The molecule has 0 spiro atoms. The van der Waals surface area contributed by atoms with Crippen LogP contribution in [0.1, 0.15) is 19.3 Å². The monoisotopic (exact) mass is 188 g/mol. The van der Waals surface area contributed by atoms with Gasteiger partial charge in [0.2, 0.25) is 0 Å². The van der Waals surface area contributed by atoms with E-state index in [1.807, 2.05) is 0 Å². The van der Waals surface area contributed by atoms with E-state index in [2.05, 4.69) is 6.92 Å². The maximum atomic E-state index is 5.20. The minimum absolute atomic E-state index is 0. The molecule has 0 aliphatic carbocycles. The Bertz CT molecular complexity index is 76.8. The molecule has 0 amide bonds. The molecule has 0 aromatic heterocycles. The molecule has 1 saturated heterocycles. The summed E-state index contributed by atoms with van der Waals surface area (Å²) in [5, 5.41) is 0. The second kappa shape index (κ2) is 9.07. The SMILES string of the molecule is [CH2-]CCCC1OCCO1.[Cl-].[Mg+2]. The van der Waals surface area contributed by atoms with Gasteiger partial charge in [0, 0.05) is 0 Å². The molecule has 11 heavy (non-hydrogen) atoms. The van der Waals surface area contributed by atoms with Gasteiger partial charge in [-0.15, -0.1) is 0 Å². The molecule has 1 fully saturated rings. The number of hydrogen-bond donors (Lipinski definition) is 0. The van der Waals surface area contributed by atoms with Gasteiger partial charge in [-0.05, 0) is 6.42 Å². The molecule has 0 aromatic rings. The molecule has 0 aromatic carbocycles. The summed E-state index contributed by atoms with van der Waals surface area (Å²) in [6.45, 7) is 5.27. The second-order valence-electron chi connectivity index (χ2n) is 2.17.